The minimum absolute atomic E-state index is 0.582. The van der Waals surface area contributed by atoms with E-state index >= 15 is 0 Å². The van der Waals surface area contributed by atoms with Crippen LogP contribution >= 0.6 is 11.3 Å². The summed E-state index contributed by atoms with van der Waals surface area (Å²) in [4.78, 5) is 5.51. The molecule has 1 aromatic heterocycles. The summed E-state index contributed by atoms with van der Waals surface area (Å²) in [6.45, 7) is 10.7. The number of benzene rings is 1. The number of ether oxygens (including phenoxy) is 2. The van der Waals surface area contributed by atoms with Gasteiger partial charge in [0, 0.05) is 16.7 Å². The van der Waals surface area contributed by atoms with Gasteiger partial charge < -0.3 is 9.47 Å². The lowest BCUT2D eigenvalue weighted by molar-refractivity contribution is 0.404. The minimum atomic E-state index is 0.582. The summed E-state index contributed by atoms with van der Waals surface area (Å²) in [5, 5.41) is 6.92. The zero-order valence-corrected chi connectivity index (χ0v) is 17.0. The molecule has 0 unspecified atom stereocenters. The van der Waals surface area contributed by atoms with E-state index in [2.05, 4.69) is 30.8 Å². The molecule has 0 saturated heterocycles. The third kappa shape index (κ3) is 4.64. The molecule has 0 atom stereocenters. The van der Waals surface area contributed by atoms with Gasteiger partial charge in [-0.25, -0.2) is 4.68 Å². The Morgan fingerprint density at radius 2 is 1.92 bits per heavy atom. The van der Waals surface area contributed by atoms with Crippen molar-refractivity contribution in [1.82, 2.24) is 4.68 Å². The predicted octanol–water partition coefficient (Wildman–Crippen LogP) is 4.73. The standard InChI is InChI=1S/C20H27N3O2S/c1-7-15(8-2)22-23-18(13-26-20(23)21-12-14(3)4)17-11-16(24-5)9-10-19(17)25-6/h9-11,13H,3,7-8,12H2,1-2,4-6H3. The molecule has 0 spiro atoms. The van der Waals surface area contributed by atoms with Crippen molar-refractivity contribution in [3.05, 3.63) is 40.5 Å². The summed E-state index contributed by atoms with van der Waals surface area (Å²) in [6, 6.07) is 5.76. The van der Waals surface area contributed by atoms with E-state index < -0.39 is 0 Å². The van der Waals surface area contributed by atoms with E-state index in [1.165, 1.54) is 0 Å². The number of methoxy groups -OCH3 is 2. The third-order valence-corrected chi connectivity index (χ3v) is 4.76. The van der Waals surface area contributed by atoms with Crippen molar-refractivity contribution in [2.24, 2.45) is 10.1 Å². The highest BCUT2D eigenvalue weighted by Gasteiger charge is 2.14. The van der Waals surface area contributed by atoms with E-state index in [1.807, 2.05) is 29.8 Å². The fraction of sp³-hybridized carbons (Fsp3) is 0.400. The second kappa shape index (κ2) is 9.38. The van der Waals surface area contributed by atoms with E-state index in [-0.39, 0.29) is 0 Å². The Kier molecular flexibility index (Phi) is 7.21. The third-order valence-electron chi connectivity index (χ3n) is 3.91. The molecule has 1 heterocycles. The average Bonchev–Trinajstić information content (AvgIpc) is 3.05. The van der Waals surface area contributed by atoms with Gasteiger partial charge >= 0.3 is 0 Å². The largest absolute Gasteiger partial charge is 0.497 e. The van der Waals surface area contributed by atoms with Gasteiger partial charge in [0.25, 0.3) is 0 Å². The smallest absolute Gasteiger partial charge is 0.206 e. The quantitative estimate of drug-likeness (QED) is 0.496. The maximum Gasteiger partial charge on any atom is 0.206 e. The van der Waals surface area contributed by atoms with Crippen LogP contribution in [-0.2, 0) is 0 Å². The van der Waals surface area contributed by atoms with Crippen molar-refractivity contribution in [3.8, 4) is 22.8 Å². The van der Waals surface area contributed by atoms with E-state index in [0.717, 1.165) is 51.7 Å². The average molecular weight is 374 g/mol. The SMILES string of the molecule is C=C(C)CN=c1scc(-c2cc(OC)ccc2OC)n1N=C(CC)CC. The molecule has 1 aromatic carbocycles. The van der Waals surface area contributed by atoms with Crippen LogP contribution in [0.15, 0.2) is 45.8 Å². The molecule has 0 amide bonds. The second-order valence-electron chi connectivity index (χ2n) is 5.93. The topological polar surface area (TPSA) is 48.1 Å². The Morgan fingerprint density at radius 3 is 2.50 bits per heavy atom. The molecular formula is C20H27N3O2S. The first-order valence-corrected chi connectivity index (χ1v) is 9.56. The van der Waals surface area contributed by atoms with Crippen LogP contribution < -0.4 is 14.3 Å². The van der Waals surface area contributed by atoms with Gasteiger partial charge in [-0.1, -0.05) is 26.0 Å². The Balaban J connectivity index is 2.71. The number of hydrogen-bond acceptors (Lipinski definition) is 5. The minimum Gasteiger partial charge on any atom is -0.497 e. The molecular weight excluding hydrogens is 346 g/mol. The second-order valence-corrected chi connectivity index (χ2v) is 6.76. The van der Waals surface area contributed by atoms with E-state index in [9.17, 15) is 0 Å². The lowest BCUT2D eigenvalue weighted by Crippen LogP contribution is -2.15. The number of aromatic nitrogens is 1. The molecule has 140 valence electrons. The zero-order valence-electron chi connectivity index (χ0n) is 16.2. The molecule has 6 heteroatoms. The zero-order chi connectivity index (χ0) is 19.1. The highest BCUT2D eigenvalue weighted by atomic mass is 32.1. The van der Waals surface area contributed by atoms with Crippen molar-refractivity contribution in [2.45, 2.75) is 33.6 Å². The van der Waals surface area contributed by atoms with Crippen LogP contribution in [0.2, 0.25) is 0 Å². The lowest BCUT2D eigenvalue weighted by atomic mass is 10.1. The first kappa shape index (κ1) is 20.0. The fourth-order valence-corrected chi connectivity index (χ4v) is 3.26. The van der Waals surface area contributed by atoms with Crippen molar-refractivity contribution < 1.29 is 9.47 Å². The highest BCUT2D eigenvalue weighted by Crippen LogP contribution is 2.33. The van der Waals surface area contributed by atoms with Gasteiger partial charge in [0.2, 0.25) is 4.80 Å². The Labute approximate surface area is 159 Å². The van der Waals surface area contributed by atoms with Crippen molar-refractivity contribution in [1.29, 1.82) is 0 Å². The molecule has 0 aliphatic carbocycles. The van der Waals surface area contributed by atoms with Gasteiger partial charge in [-0.3, -0.25) is 4.99 Å². The van der Waals surface area contributed by atoms with Gasteiger partial charge in [-0.05, 0) is 38.0 Å². The molecule has 26 heavy (non-hydrogen) atoms. The van der Waals surface area contributed by atoms with E-state index in [4.69, 9.17) is 14.6 Å². The number of thiazole rings is 1. The molecule has 2 aromatic rings. The summed E-state index contributed by atoms with van der Waals surface area (Å²) in [6.07, 6.45) is 1.79. The Hall–Kier alpha value is -2.34. The molecule has 0 bridgehead atoms. The molecule has 0 fully saturated rings. The maximum absolute atomic E-state index is 5.56. The predicted molar refractivity (Wildman–Crippen MR) is 110 cm³/mol. The van der Waals surface area contributed by atoms with Crippen LogP contribution in [0.1, 0.15) is 33.6 Å². The van der Waals surface area contributed by atoms with Crippen molar-refractivity contribution >= 4 is 17.0 Å². The number of nitrogens with zero attached hydrogens (tertiary/aromatic N) is 3. The number of rotatable bonds is 8. The van der Waals surface area contributed by atoms with E-state index in [0.29, 0.717) is 6.54 Å². The molecule has 0 saturated carbocycles. The molecule has 0 radical (unpaired) electrons. The first-order valence-electron chi connectivity index (χ1n) is 8.68. The van der Waals surface area contributed by atoms with E-state index in [1.54, 1.807) is 25.6 Å². The lowest BCUT2D eigenvalue weighted by Gasteiger charge is -2.12. The monoisotopic (exact) mass is 373 g/mol. The summed E-state index contributed by atoms with van der Waals surface area (Å²) in [5.41, 5.74) is 3.99. The molecule has 2 rings (SSSR count). The Morgan fingerprint density at radius 1 is 1.19 bits per heavy atom. The van der Waals surface area contributed by atoms with Crippen LogP contribution in [-0.4, -0.2) is 31.2 Å². The summed E-state index contributed by atoms with van der Waals surface area (Å²) in [7, 11) is 3.33. The van der Waals surface area contributed by atoms with Crippen LogP contribution in [0, 0.1) is 0 Å². The van der Waals surface area contributed by atoms with Crippen LogP contribution in [0.3, 0.4) is 0 Å². The van der Waals surface area contributed by atoms with Gasteiger partial charge in [-0.15, -0.1) is 11.3 Å². The van der Waals surface area contributed by atoms with Gasteiger partial charge in [0.05, 0.1) is 26.5 Å². The Bertz CT molecular complexity index is 856. The van der Waals surface area contributed by atoms with Crippen molar-refractivity contribution in [3.63, 3.8) is 0 Å². The van der Waals surface area contributed by atoms with Crippen LogP contribution in [0.25, 0.3) is 11.3 Å². The number of hydrogen-bond donors (Lipinski definition) is 0. The van der Waals surface area contributed by atoms with Crippen LogP contribution in [0.5, 0.6) is 11.5 Å². The van der Waals surface area contributed by atoms with Gasteiger partial charge in [-0.2, -0.15) is 5.10 Å². The first-order chi connectivity index (χ1) is 12.5. The summed E-state index contributed by atoms with van der Waals surface area (Å²) >= 11 is 1.56. The van der Waals surface area contributed by atoms with Crippen molar-refractivity contribution in [2.75, 3.05) is 20.8 Å². The highest BCUT2D eigenvalue weighted by molar-refractivity contribution is 7.07. The molecule has 0 aliphatic rings. The summed E-state index contributed by atoms with van der Waals surface area (Å²) in [5.74, 6) is 1.54. The fourth-order valence-electron chi connectivity index (χ4n) is 2.44. The van der Waals surface area contributed by atoms with Gasteiger partial charge in [0.15, 0.2) is 0 Å². The molecule has 0 aliphatic heterocycles. The molecule has 0 N–H and O–H groups in total. The van der Waals surface area contributed by atoms with Gasteiger partial charge in [0.1, 0.15) is 11.5 Å². The normalized spacial score (nSPS) is 11.3. The van der Waals surface area contributed by atoms with Crippen LogP contribution in [0.4, 0.5) is 0 Å². The maximum atomic E-state index is 5.56. The molecule has 5 nitrogen and oxygen atoms in total. The summed E-state index contributed by atoms with van der Waals surface area (Å²) < 4.78 is 12.9.